The van der Waals surface area contributed by atoms with E-state index < -0.39 is 0 Å². The SMILES string of the molecule is CCC(=O)Oc1cnc(OC(=O)CC)c(CC)n1. The minimum Gasteiger partial charge on any atom is -0.406 e. The lowest BCUT2D eigenvalue weighted by atomic mass is 10.3. The second-order valence-electron chi connectivity index (χ2n) is 3.47. The summed E-state index contributed by atoms with van der Waals surface area (Å²) in [5.74, 6) is -0.474. The first-order chi connectivity index (χ1) is 8.60. The Hall–Kier alpha value is -1.98. The average molecular weight is 252 g/mol. The molecule has 0 N–H and O–H groups in total. The van der Waals surface area contributed by atoms with Crippen molar-refractivity contribution in [1.82, 2.24) is 9.97 Å². The normalized spacial score (nSPS) is 9.94. The van der Waals surface area contributed by atoms with E-state index in [2.05, 4.69) is 9.97 Å². The average Bonchev–Trinajstić information content (AvgIpc) is 2.39. The molecule has 1 rings (SSSR count). The second-order valence-corrected chi connectivity index (χ2v) is 3.47. The van der Waals surface area contributed by atoms with E-state index in [0.29, 0.717) is 12.1 Å². The van der Waals surface area contributed by atoms with Crippen LogP contribution in [0, 0.1) is 0 Å². The van der Waals surface area contributed by atoms with E-state index in [1.807, 2.05) is 6.92 Å². The van der Waals surface area contributed by atoms with E-state index in [9.17, 15) is 9.59 Å². The van der Waals surface area contributed by atoms with Crippen LogP contribution in [0.3, 0.4) is 0 Å². The number of carbonyl (C=O) groups is 2. The third-order valence-electron chi connectivity index (χ3n) is 2.13. The van der Waals surface area contributed by atoms with Gasteiger partial charge in [0.25, 0.3) is 0 Å². The van der Waals surface area contributed by atoms with E-state index in [1.54, 1.807) is 13.8 Å². The van der Waals surface area contributed by atoms with Gasteiger partial charge in [-0.05, 0) is 6.42 Å². The lowest BCUT2D eigenvalue weighted by molar-refractivity contribution is -0.135. The standard InChI is InChI=1S/C12H16N2O4/c1-4-8-12(18-11(16)6-3)13-7-9(14-8)17-10(15)5-2/h7H,4-6H2,1-3H3. The first kappa shape index (κ1) is 14.1. The van der Waals surface area contributed by atoms with Gasteiger partial charge in [-0.1, -0.05) is 20.8 Å². The summed E-state index contributed by atoms with van der Waals surface area (Å²) >= 11 is 0. The summed E-state index contributed by atoms with van der Waals surface area (Å²) in [6.07, 6.45) is 2.31. The van der Waals surface area contributed by atoms with Crippen LogP contribution in [-0.4, -0.2) is 21.9 Å². The zero-order valence-corrected chi connectivity index (χ0v) is 10.7. The van der Waals surface area contributed by atoms with E-state index >= 15 is 0 Å². The fourth-order valence-electron chi connectivity index (χ4n) is 1.13. The molecule has 6 nitrogen and oxygen atoms in total. The van der Waals surface area contributed by atoms with E-state index in [1.165, 1.54) is 6.20 Å². The van der Waals surface area contributed by atoms with Gasteiger partial charge in [0.15, 0.2) is 0 Å². The molecule has 0 aliphatic carbocycles. The number of esters is 2. The minimum atomic E-state index is -0.385. The Kier molecular flexibility index (Phi) is 5.23. The molecule has 6 heteroatoms. The molecule has 0 radical (unpaired) electrons. The number of hydrogen-bond donors (Lipinski definition) is 0. The smallest absolute Gasteiger partial charge is 0.312 e. The summed E-state index contributed by atoms with van der Waals surface area (Å²) in [6, 6.07) is 0. The van der Waals surface area contributed by atoms with Crippen LogP contribution in [0.25, 0.3) is 0 Å². The second kappa shape index (κ2) is 6.68. The molecule has 1 aromatic rings. The molecule has 1 heterocycles. The van der Waals surface area contributed by atoms with Crippen molar-refractivity contribution >= 4 is 11.9 Å². The highest BCUT2D eigenvalue weighted by Gasteiger charge is 2.12. The Bertz CT molecular complexity index is 446. The number of hydrogen-bond acceptors (Lipinski definition) is 6. The van der Waals surface area contributed by atoms with Gasteiger partial charge in [0.1, 0.15) is 5.69 Å². The van der Waals surface area contributed by atoms with Gasteiger partial charge >= 0.3 is 11.9 Å². The van der Waals surface area contributed by atoms with Crippen molar-refractivity contribution in [3.05, 3.63) is 11.9 Å². The van der Waals surface area contributed by atoms with Crippen molar-refractivity contribution in [2.75, 3.05) is 0 Å². The molecule has 0 aliphatic rings. The van der Waals surface area contributed by atoms with Crippen LogP contribution in [0.2, 0.25) is 0 Å². The Labute approximate surface area is 105 Å². The van der Waals surface area contributed by atoms with Gasteiger partial charge in [-0.25, -0.2) is 9.97 Å². The zero-order chi connectivity index (χ0) is 13.5. The Morgan fingerprint density at radius 3 is 2.28 bits per heavy atom. The maximum atomic E-state index is 11.2. The molecule has 0 aliphatic heterocycles. The first-order valence-electron chi connectivity index (χ1n) is 5.87. The molecular formula is C12H16N2O4. The molecule has 98 valence electrons. The highest BCUT2D eigenvalue weighted by Crippen LogP contribution is 2.18. The molecule has 1 aromatic heterocycles. The summed E-state index contributed by atoms with van der Waals surface area (Å²) < 4.78 is 9.96. The van der Waals surface area contributed by atoms with Crippen molar-refractivity contribution < 1.29 is 19.1 Å². The Balaban J connectivity index is 2.89. The molecule has 0 amide bonds. The lowest BCUT2D eigenvalue weighted by Crippen LogP contribution is -2.12. The van der Waals surface area contributed by atoms with E-state index in [0.717, 1.165) is 0 Å². The van der Waals surface area contributed by atoms with Crippen molar-refractivity contribution in [3.63, 3.8) is 0 Å². The monoisotopic (exact) mass is 252 g/mol. The molecular weight excluding hydrogens is 236 g/mol. The summed E-state index contributed by atoms with van der Waals surface area (Å²) in [6.45, 7) is 5.23. The van der Waals surface area contributed by atoms with Gasteiger partial charge in [0.05, 0.1) is 6.20 Å². The molecule has 0 saturated heterocycles. The Morgan fingerprint density at radius 2 is 1.72 bits per heavy atom. The van der Waals surface area contributed by atoms with Crippen LogP contribution >= 0.6 is 0 Å². The molecule has 0 bridgehead atoms. The van der Waals surface area contributed by atoms with Gasteiger partial charge in [-0.3, -0.25) is 9.59 Å². The predicted molar refractivity (Wildman–Crippen MR) is 63.3 cm³/mol. The maximum absolute atomic E-state index is 11.2. The third-order valence-corrected chi connectivity index (χ3v) is 2.13. The van der Waals surface area contributed by atoms with Gasteiger partial charge in [0, 0.05) is 12.8 Å². The van der Waals surface area contributed by atoms with Crippen LogP contribution in [0.15, 0.2) is 6.20 Å². The third kappa shape index (κ3) is 3.80. The van der Waals surface area contributed by atoms with E-state index in [4.69, 9.17) is 9.47 Å². The van der Waals surface area contributed by atoms with Gasteiger partial charge < -0.3 is 9.47 Å². The highest BCUT2D eigenvalue weighted by molar-refractivity contribution is 5.72. The summed E-state index contributed by atoms with van der Waals surface area (Å²) in [4.78, 5) is 30.3. The number of aromatic nitrogens is 2. The lowest BCUT2D eigenvalue weighted by Gasteiger charge is -2.08. The summed E-state index contributed by atoms with van der Waals surface area (Å²) in [7, 11) is 0. The van der Waals surface area contributed by atoms with Crippen LogP contribution in [-0.2, 0) is 16.0 Å². The first-order valence-corrected chi connectivity index (χ1v) is 5.87. The number of rotatable bonds is 5. The molecule has 18 heavy (non-hydrogen) atoms. The van der Waals surface area contributed by atoms with Gasteiger partial charge in [-0.2, -0.15) is 0 Å². The van der Waals surface area contributed by atoms with E-state index in [-0.39, 0.29) is 36.5 Å². The summed E-state index contributed by atoms with van der Waals surface area (Å²) in [5, 5.41) is 0. The number of carbonyl (C=O) groups excluding carboxylic acids is 2. The number of nitrogens with zero attached hydrogens (tertiary/aromatic N) is 2. The molecule has 0 aromatic carbocycles. The van der Waals surface area contributed by atoms with Crippen molar-refractivity contribution in [1.29, 1.82) is 0 Å². The van der Waals surface area contributed by atoms with Crippen LogP contribution in [0.4, 0.5) is 0 Å². The van der Waals surface area contributed by atoms with Crippen LogP contribution in [0.1, 0.15) is 39.3 Å². The zero-order valence-electron chi connectivity index (χ0n) is 10.7. The largest absolute Gasteiger partial charge is 0.406 e. The van der Waals surface area contributed by atoms with Crippen molar-refractivity contribution in [2.24, 2.45) is 0 Å². The van der Waals surface area contributed by atoms with Gasteiger partial charge in [0.2, 0.25) is 11.8 Å². The van der Waals surface area contributed by atoms with Crippen molar-refractivity contribution in [2.45, 2.75) is 40.0 Å². The number of ether oxygens (including phenoxy) is 2. The molecule has 0 unspecified atom stereocenters. The molecule has 0 spiro atoms. The fourth-order valence-corrected chi connectivity index (χ4v) is 1.13. The number of aryl methyl sites for hydroxylation is 1. The maximum Gasteiger partial charge on any atom is 0.312 e. The fraction of sp³-hybridized carbons (Fsp3) is 0.500. The minimum absolute atomic E-state index is 0.120. The summed E-state index contributed by atoms with van der Waals surface area (Å²) in [5.41, 5.74) is 0.484. The molecule has 0 atom stereocenters. The molecule has 0 fully saturated rings. The highest BCUT2D eigenvalue weighted by atomic mass is 16.6. The quantitative estimate of drug-likeness (QED) is 0.742. The topological polar surface area (TPSA) is 78.4 Å². The molecule has 0 saturated carbocycles. The van der Waals surface area contributed by atoms with Crippen LogP contribution in [0.5, 0.6) is 11.8 Å². The Morgan fingerprint density at radius 1 is 1.11 bits per heavy atom. The van der Waals surface area contributed by atoms with Gasteiger partial charge in [-0.15, -0.1) is 0 Å². The predicted octanol–water partition coefficient (Wildman–Crippen LogP) is 1.67. The van der Waals surface area contributed by atoms with Crippen molar-refractivity contribution in [3.8, 4) is 11.8 Å². The van der Waals surface area contributed by atoms with Crippen LogP contribution < -0.4 is 9.47 Å².